The third-order valence-corrected chi connectivity index (χ3v) is 5.89. The largest absolute Gasteiger partial charge is 0.504 e. The molecule has 29 heavy (non-hydrogen) atoms. The Kier molecular flexibility index (Phi) is 4.90. The van der Waals surface area contributed by atoms with Crippen molar-refractivity contribution in [3.8, 4) is 28.7 Å². The molecule has 1 N–H and O–H groups in total. The Morgan fingerprint density at radius 2 is 1.69 bits per heavy atom. The van der Waals surface area contributed by atoms with Crippen molar-refractivity contribution in [3.05, 3.63) is 41.0 Å². The fourth-order valence-corrected chi connectivity index (χ4v) is 4.64. The zero-order valence-electron chi connectivity index (χ0n) is 16.9. The van der Waals surface area contributed by atoms with Gasteiger partial charge in [0.1, 0.15) is 0 Å². The van der Waals surface area contributed by atoms with Gasteiger partial charge in [-0.25, -0.2) is 0 Å². The van der Waals surface area contributed by atoms with Gasteiger partial charge in [-0.15, -0.1) is 0 Å². The van der Waals surface area contributed by atoms with Gasteiger partial charge in [-0.05, 0) is 35.7 Å². The molecule has 0 aromatic heterocycles. The Bertz CT molecular complexity index is 953. The van der Waals surface area contributed by atoms with Crippen molar-refractivity contribution >= 4 is 5.97 Å². The number of carbonyl (C=O) groups is 1. The van der Waals surface area contributed by atoms with Crippen LogP contribution in [0.2, 0.25) is 0 Å². The molecule has 0 spiro atoms. The summed E-state index contributed by atoms with van der Waals surface area (Å²) in [4.78, 5) is 12.7. The molecule has 3 atom stereocenters. The minimum atomic E-state index is -0.358. The topological polar surface area (TPSA) is 83.5 Å². The van der Waals surface area contributed by atoms with Gasteiger partial charge in [-0.3, -0.25) is 4.79 Å². The zero-order valence-corrected chi connectivity index (χ0v) is 16.9. The number of esters is 1. The number of ether oxygens (including phenoxy) is 5. The highest BCUT2D eigenvalue weighted by atomic mass is 16.5. The number of rotatable bonds is 5. The molecule has 154 valence electrons. The number of hydrogen-bond acceptors (Lipinski definition) is 7. The molecule has 1 aliphatic heterocycles. The van der Waals surface area contributed by atoms with Gasteiger partial charge in [-0.1, -0.05) is 6.07 Å². The van der Waals surface area contributed by atoms with E-state index in [4.69, 9.17) is 23.7 Å². The van der Waals surface area contributed by atoms with Gasteiger partial charge in [0.2, 0.25) is 5.75 Å². The normalized spacial score (nSPS) is 22.3. The van der Waals surface area contributed by atoms with Crippen LogP contribution in [0.15, 0.2) is 24.3 Å². The number of methoxy groups -OCH3 is 4. The highest BCUT2D eigenvalue weighted by molar-refractivity contribution is 5.79. The Morgan fingerprint density at radius 3 is 2.34 bits per heavy atom. The molecular weight excluding hydrogens is 376 g/mol. The molecule has 2 aromatic carbocycles. The first-order chi connectivity index (χ1) is 14.0. The summed E-state index contributed by atoms with van der Waals surface area (Å²) < 4.78 is 27.6. The maximum Gasteiger partial charge on any atom is 0.310 e. The van der Waals surface area contributed by atoms with Gasteiger partial charge in [0, 0.05) is 17.4 Å². The smallest absolute Gasteiger partial charge is 0.310 e. The number of carbonyl (C=O) groups excluding carboxylic acids is 1. The number of phenols is 1. The summed E-state index contributed by atoms with van der Waals surface area (Å²) in [5.41, 5.74) is 2.73. The van der Waals surface area contributed by atoms with E-state index in [2.05, 4.69) is 0 Å². The van der Waals surface area contributed by atoms with Gasteiger partial charge in [0.05, 0.1) is 41.0 Å². The summed E-state index contributed by atoms with van der Waals surface area (Å²) in [7, 11) is 6.21. The summed E-state index contributed by atoms with van der Waals surface area (Å²) in [5, 5.41) is 10.0. The molecule has 2 aromatic rings. The lowest BCUT2D eigenvalue weighted by molar-refractivity contribution is -0.141. The minimum Gasteiger partial charge on any atom is -0.504 e. The summed E-state index contributed by atoms with van der Waals surface area (Å²) >= 11 is 0. The number of fused-ring (bicyclic) bond motifs is 2. The van der Waals surface area contributed by atoms with E-state index in [0.29, 0.717) is 36.0 Å². The van der Waals surface area contributed by atoms with E-state index in [1.807, 2.05) is 6.07 Å². The standard InChI is InChI=1S/C22H24O7/c1-25-15-8-11(5-6-14(15)23)17-18-12(7-13-10-29-22(24)19(13)17)9-16(26-2)20(27-3)21(18)28-4/h5-6,8-9,13,17,19,23H,7,10H2,1-4H3/t13-,17-,19-/m0/s1. The van der Waals surface area contributed by atoms with Crippen LogP contribution in [-0.2, 0) is 16.0 Å². The predicted octanol–water partition coefficient (Wildman–Crippen LogP) is 2.90. The molecule has 2 aliphatic rings. The number of phenolic OH excluding ortho intramolecular Hbond substituents is 1. The van der Waals surface area contributed by atoms with Gasteiger partial charge < -0.3 is 28.8 Å². The highest BCUT2D eigenvalue weighted by Gasteiger charge is 2.49. The summed E-state index contributed by atoms with van der Waals surface area (Å²) in [6.45, 7) is 0.380. The van der Waals surface area contributed by atoms with Gasteiger partial charge in [0.25, 0.3) is 0 Å². The second-order valence-electron chi connectivity index (χ2n) is 7.25. The van der Waals surface area contributed by atoms with E-state index in [9.17, 15) is 9.90 Å². The fraction of sp³-hybridized carbons (Fsp3) is 0.409. The molecule has 1 saturated heterocycles. The Balaban J connectivity index is 1.99. The molecule has 0 unspecified atom stereocenters. The fourth-order valence-electron chi connectivity index (χ4n) is 4.64. The molecule has 7 heteroatoms. The Morgan fingerprint density at radius 1 is 0.966 bits per heavy atom. The maximum absolute atomic E-state index is 12.7. The van der Waals surface area contributed by atoms with Crippen LogP contribution in [0.5, 0.6) is 28.7 Å². The van der Waals surface area contributed by atoms with Crippen molar-refractivity contribution in [2.24, 2.45) is 11.8 Å². The molecular formula is C22H24O7. The SMILES string of the molecule is COc1cc([C@H]2c3c(cc(OC)c(OC)c3OC)C[C@H]3COC(=O)[C@@H]32)ccc1O. The average Bonchev–Trinajstić information content (AvgIpc) is 3.11. The summed E-state index contributed by atoms with van der Waals surface area (Å²) in [6.07, 6.45) is 0.675. The molecule has 0 bridgehead atoms. The van der Waals surface area contributed by atoms with Gasteiger partial charge >= 0.3 is 5.97 Å². The lowest BCUT2D eigenvalue weighted by Gasteiger charge is -2.35. The molecule has 1 aliphatic carbocycles. The first-order valence-corrected chi connectivity index (χ1v) is 9.39. The van der Waals surface area contributed by atoms with Crippen LogP contribution >= 0.6 is 0 Å². The van der Waals surface area contributed by atoms with Crippen LogP contribution in [0.25, 0.3) is 0 Å². The van der Waals surface area contributed by atoms with E-state index in [-0.39, 0.29) is 29.5 Å². The van der Waals surface area contributed by atoms with Crippen molar-refractivity contribution in [1.82, 2.24) is 0 Å². The lowest BCUT2D eigenvalue weighted by atomic mass is 9.67. The molecule has 4 rings (SSSR count). The second kappa shape index (κ2) is 7.39. The minimum absolute atomic E-state index is 0.0390. The van der Waals surface area contributed by atoms with Crippen LogP contribution in [0, 0.1) is 11.8 Å². The zero-order chi connectivity index (χ0) is 20.7. The Labute approximate surface area is 169 Å². The van der Waals surface area contributed by atoms with Gasteiger partial charge in [-0.2, -0.15) is 0 Å². The van der Waals surface area contributed by atoms with Crippen molar-refractivity contribution in [2.75, 3.05) is 35.0 Å². The number of aromatic hydroxyl groups is 1. The van der Waals surface area contributed by atoms with Crippen LogP contribution < -0.4 is 18.9 Å². The maximum atomic E-state index is 12.7. The van der Waals surface area contributed by atoms with Crippen molar-refractivity contribution in [2.45, 2.75) is 12.3 Å². The van der Waals surface area contributed by atoms with Gasteiger partial charge in [0.15, 0.2) is 23.0 Å². The third-order valence-electron chi connectivity index (χ3n) is 5.89. The lowest BCUT2D eigenvalue weighted by Crippen LogP contribution is -2.32. The van der Waals surface area contributed by atoms with Crippen LogP contribution in [-0.4, -0.2) is 46.1 Å². The molecule has 7 nitrogen and oxygen atoms in total. The quantitative estimate of drug-likeness (QED) is 0.773. The van der Waals surface area contributed by atoms with E-state index >= 15 is 0 Å². The monoisotopic (exact) mass is 400 g/mol. The number of cyclic esters (lactones) is 1. The first-order valence-electron chi connectivity index (χ1n) is 9.39. The van der Waals surface area contributed by atoms with E-state index in [1.54, 1.807) is 39.5 Å². The van der Waals surface area contributed by atoms with Crippen molar-refractivity contribution < 1.29 is 33.6 Å². The molecule has 1 heterocycles. The average molecular weight is 400 g/mol. The number of benzene rings is 2. The molecule has 0 saturated carbocycles. The molecule has 0 radical (unpaired) electrons. The van der Waals surface area contributed by atoms with E-state index in [1.165, 1.54) is 7.11 Å². The molecule has 0 amide bonds. The number of hydrogen-bond donors (Lipinski definition) is 1. The Hall–Kier alpha value is -3.09. The van der Waals surface area contributed by atoms with Crippen LogP contribution in [0.3, 0.4) is 0 Å². The van der Waals surface area contributed by atoms with Crippen molar-refractivity contribution in [1.29, 1.82) is 0 Å². The van der Waals surface area contributed by atoms with E-state index < -0.39 is 0 Å². The van der Waals surface area contributed by atoms with E-state index in [0.717, 1.165) is 16.7 Å². The summed E-state index contributed by atoms with van der Waals surface area (Å²) in [6, 6.07) is 7.08. The highest BCUT2D eigenvalue weighted by Crippen LogP contribution is 2.55. The predicted molar refractivity (Wildman–Crippen MR) is 104 cm³/mol. The second-order valence-corrected chi connectivity index (χ2v) is 7.25. The van der Waals surface area contributed by atoms with Crippen LogP contribution in [0.4, 0.5) is 0 Å². The summed E-state index contributed by atoms with van der Waals surface area (Å²) in [5.74, 6) is 1.11. The van der Waals surface area contributed by atoms with Crippen LogP contribution in [0.1, 0.15) is 22.6 Å². The first kappa shape index (κ1) is 19.2. The van der Waals surface area contributed by atoms with Crippen molar-refractivity contribution in [3.63, 3.8) is 0 Å². The third kappa shape index (κ3) is 2.92. The molecule has 1 fully saturated rings.